The van der Waals surface area contributed by atoms with Gasteiger partial charge in [-0.3, -0.25) is 10.2 Å². The van der Waals surface area contributed by atoms with Crippen LogP contribution in [0.1, 0.15) is 39.2 Å². The summed E-state index contributed by atoms with van der Waals surface area (Å²) in [6.07, 6.45) is 0.832. The number of carbonyl (C=O) groups excluding carboxylic acids is 1. The number of hydrazine groups is 1. The fraction of sp³-hybridized carbons (Fsp3) is 0.533. The van der Waals surface area contributed by atoms with Crippen molar-refractivity contribution in [3.8, 4) is 0 Å². The first-order chi connectivity index (χ1) is 10.2. The monoisotopic (exact) mass is 326 g/mol. The summed E-state index contributed by atoms with van der Waals surface area (Å²) in [7, 11) is -3.78. The Hall–Kier alpha value is -1.44. The first kappa shape index (κ1) is 16.9. The molecule has 2 N–H and O–H groups in total. The molecule has 7 heteroatoms. The highest BCUT2D eigenvalue weighted by Gasteiger charge is 2.25. The molecule has 1 amide bonds. The van der Waals surface area contributed by atoms with Crippen LogP contribution in [0.15, 0.2) is 29.2 Å². The van der Waals surface area contributed by atoms with Crippen LogP contribution in [-0.4, -0.2) is 27.0 Å². The molecule has 1 atom stereocenters. The Morgan fingerprint density at radius 2 is 1.86 bits per heavy atom. The lowest BCUT2D eigenvalue weighted by molar-refractivity contribution is -0.130. The van der Waals surface area contributed by atoms with Crippen LogP contribution in [0.25, 0.3) is 0 Å². The number of ether oxygens (including phenoxy) is 1. The molecule has 0 aromatic heterocycles. The zero-order valence-corrected chi connectivity index (χ0v) is 13.9. The maximum absolute atomic E-state index is 12.1. The Morgan fingerprint density at radius 3 is 2.36 bits per heavy atom. The molecule has 0 aliphatic carbocycles. The van der Waals surface area contributed by atoms with Gasteiger partial charge in [-0.05, 0) is 36.0 Å². The molecule has 1 heterocycles. The molecule has 0 saturated carbocycles. The number of rotatable bonds is 4. The molecule has 1 saturated heterocycles. The third-order valence-electron chi connectivity index (χ3n) is 3.56. The fourth-order valence-electron chi connectivity index (χ4n) is 2.18. The molecule has 1 aromatic rings. The van der Waals surface area contributed by atoms with Crippen molar-refractivity contribution in [2.45, 2.75) is 50.0 Å². The second-order valence-corrected chi connectivity index (χ2v) is 8.05. The van der Waals surface area contributed by atoms with Crippen molar-refractivity contribution in [2.24, 2.45) is 0 Å². The SMILES string of the molecule is CC(C)(C)c1ccc(S(=O)(=O)NNC(=O)C2CCCO2)cc1. The standard InChI is InChI=1S/C15H22N2O4S/c1-15(2,3)11-6-8-12(9-7-11)22(19,20)17-16-14(18)13-5-4-10-21-13/h6-9,13,17H,4-5,10H2,1-3H3,(H,16,18). The summed E-state index contributed by atoms with van der Waals surface area (Å²) < 4.78 is 29.5. The van der Waals surface area contributed by atoms with Crippen LogP contribution in [0.2, 0.25) is 0 Å². The van der Waals surface area contributed by atoms with Crippen molar-refractivity contribution in [1.29, 1.82) is 0 Å². The molecule has 0 radical (unpaired) electrons. The normalized spacial score (nSPS) is 19.1. The molecule has 1 aromatic carbocycles. The summed E-state index contributed by atoms with van der Waals surface area (Å²) in [5.41, 5.74) is 3.19. The highest BCUT2D eigenvalue weighted by Crippen LogP contribution is 2.23. The van der Waals surface area contributed by atoms with E-state index in [1.165, 1.54) is 12.1 Å². The third-order valence-corrected chi connectivity index (χ3v) is 4.82. The van der Waals surface area contributed by atoms with E-state index >= 15 is 0 Å². The second kappa shape index (κ2) is 6.36. The van der Waals surface area contributed by atoms with Gasteiger partial charge in [-0.25, -0.2) is 8.42 Å². The Morgan fingerprint density at radius 1 is 1.23 bits per heavy atom. The molecule has 0 bridgehead atoms. The quantitative estimate of drug-likeness (QED) is 0.821. The lowest BCUT2D eigenvalue weighted by Crippen LogP contribution is -2.46. The van der Waals surface area contributed by atoms with E-state index < -0.39 is 22.0 Å². The smallest absolute Gasteiger partial charge is 0.264 e. The van der Waals surface area contributed by atoms with Crippen LogP contribution in [0.5, 0.6) is 0 Å². The van der Waals surface area contributed by atoms with E-state index in [9.17, 15) is 13.2 Å². The number of sulfonamides is 1. The average molecular weight is 326 g/mol. The minimum Gasteiger partial charge on any atom is -0.368 e. The van der Waals surface area contributed by atoms with Gasteiger partial charge in [0.05, 0.1) is 4.90 Å². The van der Waals surface area contributed by atoms with Crippen molar-refractivity contribution in [2.75, 3.05) is 6.61 Å². The second-order valence-electron chi connectivity index (χ2n) is 6.37. The van der Waals surface area contributed by atoms with E-state index in [2.05, 4.69) is 31.0 Å². The summed E-state index contributed by atoms with van der Waals surface area (Å²) in [5.74, 6) is -0.465. The Balaban J connectivity index is 2.02. The van der Waals surface area contributed by atoms with Gasteiger partial charge >= 0.3 is 0 Å². The minimum absolute atomic E-state index is 0.0518. The number of amides is 1. The fourth-order valence-corrected chi connectivity index (χ4v) is 3.02. The topological polar surface area (TPSA) is 84.5 Å². The van der Waals surface area contributed by atoms with E-state index in [-0.39, 0.29) is 10.3 Å². The summed E-state index contributed by atoms with van der Waals surface area (Å²) in [6, 6.07) is 6.61. The largest absolute Gasteiger partial charge is 0.368 e. The van der Waals surface area contributed by atoms with Crippen molar-refractivity contribution in [3.05, 3.63) is 29.8 Å². The Kier molecular flexibility index (Phi) is 4.89. The molecular weight excluding hydrogens is 304 g/mol. The van der Waals surface area contributed by atoms with Crippen LogP contribution in [0.4, 0.5) is 0 Å². The summed E-state index contributed by atoms with van der Waals surface area (Å²) >= 11 is 0. The predicted octanol–water partition coefficient (Wildman–Crippen LogP) is 1.47. The Bertz CT molecular complexity index is 627. The van der Waals surface area contributed by atoms with Gasteiger partial charge in [0.25, 0.3) is 15.9 Å². The van der Waals surface area contributed by atoms with Gasteiger partial charge in [0.2, 0.25) is 0 Å². The van der Waals surface area contributed by atoms with E-state index in [0.29, 0.717) is 13.0 Å². The van der Waals surface area contributed by atoms with Crippen molar-refractivity contribution in [1.82, 2.24) is 10.3 Å². The average Bonchev–Trinajstić information content (AvgIpc) is 2.98. The van der Waals surface area contributed by atoms with Crippen LogP contribution in [0.3, 0.4) is 0 Å². The molecule has 22 heavy (non-hydrogen) atoms. The molecule has 6 nitrogen and oxygen atoms in total. The van der Waals surface area contributed by atoms with Gasteiger partial charge in [0.1, 0.15) is 6.10 Å². The van der Waals surface area contributed by atoms with Gasteiger partial charge in [-0.15, -0.1) is 4.83 Å². The van der Waals surface area contributed by atoms with Gasteiger partial charge in [0.15, 0.2) is 0 Å². The Labute approximate surface area is 131 Å². The van der Waals surface area contributed by atoms with E-state index in [4.69, 9.17) is 4.74 Å². The number of hydrogen-bond donors (Lipinski definition) is 2. The van der Waals surface area contributed by atoms with Crippen molar-refractivity contribution >= 4 is 15.9 Å². The van der Waals surface area contributed by atoms with Crippen LogP contribution in [0, 0.1) is 0 Å². The zero-order chi connectivity index (χ0) is 16.4. The summed E-state index contributed by atoms with van der Waals surface area (Å²) in [6.45, 7) is 6.68. The van der Waals surface area contributed by atoms with E-state index in [1.807, 2.05) is 0 Å². The minimum atomic E-state index is -3.78. The van der Waals surface area contributed by atoms with Crippen molar-refractivity contribution < 1.29 is 17.9 Å². The molecule has 2 rings (SSSR count). The predicted molar refractivity (Wildman–Crippen MR) is 82.6 cm³/mol. The first-order valence-corrected chi connectivity index (χ1v) is 8.72. The summed E-state index contributed by atoms with van der Waals surface area (Å²) in [5, 5.41) is 0. The molecule has 1 unspecified atom stereocenters. The van der Waals surface area contributed by atoms with Gasteiger partial charge in [0, 0.05) is 6.61 Å². The van der Waals surface area contributed by atoms with Gasteiger partial charge in [-0.1, -0.05) is 32.9 Å². The molecular formula is C15H22N2O4S. The summed E-state index contributed by atoms with van der Waals surface area (Å²) in [4.78, 5) is 14.0. The van der Waals surface area contributed by atoms with Gasteiger partial charge < -0.3 is 4.74 Å². The van der Waals surface area contributed by atoms with Crippen molar-refractivity contribution in [3.63, 3.8) is 0 Å². The first-order valence-electron chi connectivity index (χ1n) is 7.24. The lowest BCUT2D eigenvalue weighted by Gasteiger charge is -2.19. The highest BCUT2D eigenvalue weighted by atomic mass is 32.2. The maximum atomic E-state index is 12.1. The van der Waals surface area contributed by atoms with Gasteiger partial charge in [-0.2, -0.15) is 0 Å². The number of benzene rings is 1. The van der Waals surface area contributed by atoms with Crippen LogP contribution in [-0.2, 0) is 25.0 Å². The highest BCUT2D eigenvalue weighted by molar-refractivity contribution is 7.89. The molecule has 0 spiro atoms. The van der Waals surface area contributed by atoms with Crippen LogP contribution < -0.4 is 10.3 Å². The van der Waals surface area contributed by atoms with E-state index in [0.717, 1.165) is 12.0 Å². The number of carbonyl (C=O) groups is 1. The molecule has 1 aliphatic rings. The number of hydrogen-bond acceptors (Lipinski definition) is 4. The molecule has 1 fully saturated rings. The van der Waals surface area contributed by atoms with Crippen LogP contribution >= 0.6 is 0 Å². The number of nitrogens with one attached hydrogen (secondary N) is 2. The third kappa shape index (κ3) is 4.06. The van der Waals surface area contributed by atoms with E-state index in [1.54, 1.807) is 12.1 Å². The molecule has 1 aliphatic heterocycles. The maximum Gasteiger partial charge on any atom is 0.264 e. The zero-order valence-electron chi connectivity index (χ0n) is 13.0. The lowest BCUT2D eigenvalue weighted by atomic mass is 9.87. The molecule has 122 valence electrons.